The number of amides is 1. The molecule has 1 amide bonds. The number of ether oxygens (including phenoxy) is 1. The number of anilines is 1. The Morgan fingerprint density at radius 1 is 1.42 bits per heavy atom. The molecule has 0 aliphatic heterocycles. The fourth-order valence-electron chi connectivity index (χ4n) is 1.38. The molecule has 1 unspecified atom stereocenters. The minimum atomic E-state index is -0.388. The zero-order chi connectivity index (χ0) is 14.3. The molecule has 1 aromatic rings. The Balaban J connectivity index is 2.58. The first-order valence-electron chi connectivity index (χ1n) is 6.57. The van der Waals surface area contributed by atoms with Crippen LogP contribution < -0.4 is 15.4 Å². The van der Waals surface area contributed by atoms with Crippen LogP contribution >= 0.6 is 0 Å². The molecular formula is C13H22N4O2. The van der Waals surface area contributed by atoms with E-state index in [-0.39, 0.29) is 18.1 Å². The molecule has 1 rings (SSSR count). The summed E-state index contributed by atoms with van der Waals surface area (Å²) in [6.45, 7) is 8.30. The van der Waals surface area contributed by atoms with Crippen molar-refractivity contribution in [2.45, 2.75) is 46.3 Å². The third-order valence-corrected chi connectivity index (χ3v) is 2.27. The molecular weight excluding hydrogens is 244 g/mol. The Kier molecular flexibility index (Phi) is 6.05. The summed E-state index contributed by atoms with van der Waals surface area (Å²) in [4.78, 5) is 20.0. The number of carbonyl (C=O) groups is 1. The molecule has 106 valence electrons. The van der Waals surface area contributed by atoms with Gasteiger partial charge >= 0.3 is 0 Å². The standard InChI is InChI=1S/C13H22N4O2/c1-5-7-14-12(18)10(4)16-13-15-8-6-11(17-13)19-9(2)3/h6,8-10H,5,7H2,1-4H3,(H,14,18)(H,15,16,17). The topological polar surface area (TPSA) is 76.1 Å². The first-order chi connectivity index (χ1) is 9.02. The van der Waals surface area contributed by atoms with E-state index in [0.717, 1.165) is 6.42 Å². The third-order valence-electron chi connectivity index (χ3n) is 2.27. The molecule has 0 spiro atoms. The van der Waals surface area contributed by atoms with E-state index in [1.165, 1.54) is 0 Å². The van der Waals surface area contributed by atoms with Gasteiger partial charge in [-0.25, -0.2) is 4.98 Å². The lowest BCUT2D eigenvalue weighted by molar-refractivity contribution is -0.121. The van der Waals surface area contributed by atoms with Crippen LogP contribution in [0.1, 0.15) is 34.1 Å². The third kappa shape index (κ3) is 5.54. The monoisotopic (exact) mass is 266 g/mol. The number of rotatable bonds is 7. The summed E-state index contributed by atoms with van der Waals surface area (Å²) in [5, 5.41) is 5.76. The molecule has 0 saturated heterocycles. The van der Waals surface area contributed by atoms with E-state index >= 15 is 0 Å². The van der Waals surface area contributed by atoms with Crippen molar-refractivity contribution in [3.8, 4) is 5.88 Å². The van der Waals surface area contributed by atoms with Crippen LogP contribution in [0, 0.1) is 0 Å². The fraction of sp³-hybridized carbons (Fsp3) is 0.615. The number of hydrogen-bond donors (Lipinski definition) is 2. The van der Waals surface area contributed by atoms with E-state index < -0.39 is 0 Å². The van der Waals surface area contributed by atoms with E-state index in [1.807, 2.05) is 20.8 Å². The molecule has 0 fully saturated rings. The van der Waals surface area contributed by atoms with E-state index in [2.05, 4.69) is 20.6 Å². The highest BCUT2D eigenvalue weighted by molar-refractivity contribution is 5.83. The molecule has 0 aromatic carbocycles. The van der Waals surface area contributed by atoms with Crippen molar-refractivity contribution >= 4 is 11.9 Å². The molecule has 19 heavy (non-hydrogen) atoms. The molecule has 0 aliphatic carbocycles. The van der Waals surface area contributed by atoms with Crippen molar-refractivity contribution in [1.29, 1.82) is 0 Å². The van der Waals surface area contributed by atoms with Gasteiger partial charge < -0.3 is 15.4 Å². The molecule has 0 aliphatic rings. The van der Waals surface area contributed by atoms with Crippen LogP contribution in [0.3, 0.4) is 0 Å². The van der Waals surface area contributed by atoms with Crippen molar-refractivity contribution in [3.63, 3.8) is 0 Å². The predicted octanol–water partition coefficient (Wildman–Crippen LogP) is 1.59. The first kappa shape index (κ1) is 15.2. The Morgan fingerprint density at radius 2 is 2.16 bits per heavy atom. The zero-order valence-electron chi connectivity index (χ0n) is 11.9. The van der Waals surface area contributed by atoms with Crippen molar-refractivity contribution in [1.82, 2.24) is 15.3 Å². The molecule has 6 heteroatoms. The van der Waals surface area contributed by atoms with Gasteiger partial charge in [-0.05, 0) is 27.2 Å². The molecule has 1 atom stereocenters. The summed E-state index contributed by atoms with van der Waals surface area (Å²) in [7, 11) is 0. The maximum atomic E-state index is 11.7. The lowest BCUT2D eigenvalue weighted by atomic mass is 10.3. The van der Waals surface area contributed by atoms with Gasteiger partial charge in [0, 0.05) is 18.8 Å². The first-order valence-corrected chi connectivity index (χ1v) is 6.57. The average molecular weight is 266 g/mol. The Morgan fingerprint density at radius 3 is 2.79 bits per heavy atom. The Labute approximate surface area is 114 Å². The van der Waals surface area contributed by atoms with E-state index in [1.54, 1.807) is 19.2 Å². The Bertz CT molecular complexity index is 409. The van der Waals surface area contributed by atoms with Crippen LogP contribution in [0.15, 0.2) is 12.3 Å². The fourth-order valence-corrected chi connectivity index (χ4v) is 1.38. The molecule has 0 saturated carbocycles. The van der Waals surface area contributed by atoms with Crippen molar-refractivity contribution in [3.05, 3.63) is 12.3 Å². The Hall–Kier alpha value is -1.85. The van der Waals surface area contributed by atoms with Crippen LogP contribution in [0.5, 0.6) is 5.88 Å². The second-order valence-electron chi connectivity index (χ2n) is 4.54. The van der Waals surface area contributed by atoms with Gasteiger partial charge in [-0.15, -0.1) is 0 Å². The number of carbonyl (C=O) groups excluding carboxylic acids is 1. The van der Waals surface area contributed by atoms with Gasteiger partial charge in [0.25, 0.3) is 0 Å². The van der Waals surface area contributed by atoms with Crippen LogP contribution in [0.25, 0.3) is 0 Å². The molecule has 0 radical (unpaired) electrons. The van der Waals surface area contributed by atoms with Gasteiger partial charge in [0.15, 0.2) is 0 Å². The van der Waals surface area contributed by atoms with E-state index in [9.17, 15) is 4.79 Å². The largest absolute Gasteiger partial charge is 0.475 e. The SMILES string of the molecule is CCCNC(=O)C(C)Nc1nccc(OC(C)C)n1. The minimum Gasteiger partial charge on any atom is -0.475 e. The smallest absolute Gasteiger partial charge is 0.242 e. The maximum Gasteiger partial charge on any atom is 0.242 e. The second kappa shape index (κ2) is 7.56. The van der Waals surface area contributed by atoms with Gasteiger partial charge in [0.05, 0.1) is 6.10 Å². The van der Waals surface area contributed by atoms with Gasteiger partial charge in [-0.3, -0.25) is 4.79 Å². The lowest BCUT2D eigenvalue weighted by Gasteiger charge is -2.14. The second-order valence-corrected chi connectivity index (χ2v) is 4.54. The summed E-state index contributed by atoms with van der Waals surface area (Å²) in [6.07, 6.45) is 2.56. The lowest BCUT2D eigenvalue weighted by Crippen LogP contribution is -2.38. The summed E-state index contributed by atoms with van der Waals surface area (Å²) in [5.74, 6) is 0.812. The number of aromatic nitrogens is 2. The molecule has 1 aromatic heterocycles. The summed E-state index contributed by atoms with van der Waals surface area (Å²) < 4.78 is 5.47. The average Bonchev–Trinajstić information content (AvgIpc) is 2.35. The molecule has 1 heterocycles. The summed E-state index contributed by atoms with van der Waals surface area (Å²) in [5.41, 5.74) is 0. The quantitative estimate of drug-likeness (QED) is 0.783. The zero-order valence-corrected chi connectivity index (χ0v) is 11.9. The minimum absolute atomic E-state index is 0.0491. The normalized spacial score (nSPS) is 12.1. The highest BCUT2D eigenvalue weighted by atomic mass is 16.5. The van der Waals surface area contributed by atoms with E-state index in [0.29, 0.717) is 18.4 Å². The molecule has 2 N–H and O–H groups in total. The number of nitrogens with zero attached hydrogens (tertiary/aromatic N) is 2. The van der Waals surface area contributed by atoms with Gasteiger partial charge in [0.2, 0.25) is 17.7 Å². The summed E-state index contributed by atoms with van der Waals surface area (Å²) in [6, 6.07) is 1.30. The maximum absolute atomic E-state index is 11.7. The number of nitrogens with one attached hydrogen (secondary N) is 2. The highest BCUT2D eigenvalue weighted by Gasteiger charge is 2.13. The summed E-state index contributed by atoms with van der Waals surface area (Å²) >= 11 is 0. The van der Waals surface area contributed by atoms with Crippen molar-refractivity contribution in [2.24, 2.45) is 0 Å². The predicted molar refractivity (Wildman–Crippen MR) is 74.2 cm³/mol. The van der Waals surface area contributed by atoms with Gasteiger partial charge in [-0.2, -0.15) is 4.98 Å². The van der Waals surface area contributed by atoms with Crippen LogP contribution in [-0.4, -0.2) is 34.6 Å². The number of hydrogen-bond acceptors (Lipinski definition) is 5. The van der Waals surface area contributed by atoms with Gasteiger partial charge in [-0.1, -0.05) is 6.92 Å². The molecule has 0 bridgehead atoms. The van der Waals surface area contributed by atoms with Crippen LogP contribution in [0.4, 0.5) is 5.95 Å². The van der Waals surface area contributed by atoms with Crippen LogP contribution in [0.2, 0.25) is 0 Å². The van der Waals surface area contributed by atoms with Crippen molar-refractivity contribution in [2.75, 3.05) is 11.9 Å². The van der Waals surface area contributed by atoms with Crippen molar-refractivity contribution < 1.29 is 9.53 Å². The van der Waals surface area contributed by atoms with Gasteiger partial charge in [0.1, 0.15) is 6.04 Å². The molecule has 6 nitrogen and oxygen atoms in total. The van der Waals surface area contributed by atoms with Crippen LogP contribution in [-0.2, 0) is 4.79 Å². The highest BCUT2D eigenvalue weighted by Crippen LogP contribution is 2.10. The van der Waals surface area contributed by atoms with E-state index in [4.69, 9.17) is 4.74 Å².